The lowest BCUT2D eigenvalue weighted by Crippen LogP contribution is -2.39. The molecule has 1 aromatic carbocycles. The summed E-state index contributed by atoms with van der Waals surface area (Å²) in [6.07, 6.45) is 5.35. The van der Waals surface area contributed by atoms with Crippen molar-refractivity contribution in [2.75, 3.05) is 12.5 Å². The van der Waals surface area contributed by atoms with Crippen molar-refractivity contribution in [1.29, 1.82) is 0 Å². The van der Waals surface area contributed by atoms with Gasteiger partial charge >= 0.3 is 0 Å². The van der Waals surface area contributed by atoms with Gasteiger partial charge in [-0.2, -0.15) is 0 Å². The maximum atomic E-state index is 12.5. The zero-order chi connectivity index (χ0) is 16.7. The SMILES string of the molecule is O=C1CS[C@@H](c2cc3c(cc2[N+](=O)[O-])OCO3)N1C1CCCCC1. The number of carbonyl (C=O) groups is 1. The smallest absolute Gasteiger partial charge is 0.279 e. The molecule has 1 amide bonds. The highest BCUT2D eigenvalue weighted by Gasteiger charge is 2.41. The van der Waals surface area contributed by atoms with Gasteiger partial charge in [-0.3, -0.25) is 14.9 Å². The Morgan fingerprint density at radius 1 is 1.17 bits per heavy atom. The van der Waals surface area contributed by atoms with Crippen molar-refractivity contribution >= 4 is 23.4 Å². The molecule has 4 rings (SSSR count). The molecule has 7 nitrogen and oxygen atoms in total. The summed E-state index contributed by atoms with van der Waals surface area (Å²) in [5, 5.41) is 11.2. The molecule has 0 aromatic heterocycles. The first-order valence-corrected chi connectivity index (χ1v) is 9.21. The fourth-order valence-corrected chi connectivity index (χ4v) is 5.00. The fraction of sp³-hybridized carbons (Fsp3) is 0.562. The number of carbonyl (C=O) groups excluding carboxylic acids is 1. The lowest BCUT2D eigenvalue weighted by Gasteiger charge is -2.35. The molecule has 2 heterocycles. The van der Waals surface area contributed by atoms with Gasteiger partial charge in [0.15, 0.2) is 11.5 Å². The summed E-state index contributed by atoms with van der Waals surface area (Å²) in [5.41, 5.74) is 0.526. The molecule has 2 fully saturated rings. The molecule has 128 valence electrons. The summed E-state index contributed by atoms with van der Waals surface area (Å²) in [5.74, 6) is 1.35. The van der Waals surface area contributed by atoms with Gasteiger partial charge in [0, 0.05) is 6.04 Å². The average Bonchev–Trinajstić information content (AvgIpc) is 3.20. The zero-order valence-corrected chi connectivity index (χ0v) is 13.9. The van der Waals surface area contributed by atoms with Crippen LogP contribution in [-0.2, 0) is 4.79 Å². The number of benzene rings is 1. The second-order valence-corrected chi connectivity index (χ2v) is 7.35. The van der Waals surface area contributed by atoms with E-state index in [4.69, 9.17) is 9.47 Å². The van der Waals surface area contributed by atoms with Crippen molar-refractivity contribution in [3.05, 3.63) is 27.8 Å². The summed E-state index contributed by atoms with van der Waals surface area (Å²) in [6, 6.07) is 3.27. The molecule has 0 N–H and O–H groups in total. The molecule has 1 aromatic rings. The number of thioether (sulfide) groups is 1. The van der Waals surface area contributed by atoms with Gasteiger partial charge in [-0.1, -0.05) is 19.3 Å². The third kappa shape index (κ3) is 2.58. The average molecular weight is 350 g/mol. The van der Waals surface area contributed by atoms with Crippen molar-refractivity contribution in [1.82, 2.24) is 4.90 Å². The molecule has 1 aliphatic carbocycles. The minimum Gasteiger partial charge on any atom is -0.454 e. The maximum absolute atomic E-state index is 12.5. The van der Waals surface area contributed by atoms with Crippen LogP contribution in [0, 0.1) is 10.1 Å². The van der Waals surface area contributed by atoms with Crippen LogP contribution >= 0.6 is 11.8 Å². The summed E-state index contributed by atoms with van der Waals surface area (Å²) < 4.78 is 10.6. The Balaban J connectivity index is 1.73. The molecule has 24 heavy (non-hydrogen) atoms. The van der Waals surface area contributed by atoms with E-state index >= 15 is 0 Å². The van der Waals surface area contributed by atoms with Crippen LogP contribution in [0.5, 0.6) is 11.5 Å². The number of fused-ring (bicyclic) bond motifs is 1. The van der Waals surface area contributed by atoms with Gasteiger partial charge in [0.1, 0.15) is 5.37 Å². The Bertz CT molecular complexity index is 689. The van der Waals surface area contributed by atoms with Crippen LogP contribution in [0.1, 0.15) is 43.0 Å². The molecule has 1 saturated heterocycles. The Hall–Kier alpha value is -1.96. The summed E-state index contributed by atoms with van der Waals surface area (Å²) in [7, 11) is 0. The molecule has 8 heteroatoms. The lowest BCUT2D eigenvalue weighted by molar-refractivity contribution is -0.385. The number of amides is 1. The van der Waals surface area contributed by atoms with E-state index in [2.05, 4.69) is 0 Å². The van der Waals surface area contributed by atoms with Gasteiger partial charge in [-0.25, -0.2) is 0 Å². The lowest BCUT2D eigenvalue weighted by atomic mass is 9.93. The molecular weight excluding hydrogens is 332 g/mol. The first-order chi connectivity index (χ1) is 11.6. The molecule has 1 atom stereocenters. The van der Waals surface area contributed by atoms with Gasteiger partial charge in [-0.15, -0.1) is 11.8 Å². The van der Waals surface area contributed by atoms with Crippen molar-refractivity contribution in [2.24, 2.45) is 0 Å². The normalized spacial score (nSPS) is 23.8. The predicted molar refractivity (Wildman–Crippen MR) is 88.1 cm³/mol. The van der Waals surface area contributed by atoms with Gasteiger partial charge in [0.2, 0.25) is 12.7 Å². The van der Waals surface area contributed by atoms with Crippen LogP contribution in [0.15, 0.2) is 12.1 Å². The molecule has 2 aliphatic heterocycles. The second kappa shape index (κ2) is 6.16. The molecule has 0 radical (unpaired) electrons. The Morgan fingerprint density at radius 2 is 1.88 bits per heavy atom. The third-order valence-corrected chi connectivity index (χ3v) is 6.07. The number of ether oxygens (including phenoxy) is 2. The Labute approximate surface area is 143 Å². The number of nitrogens with zero attached hydrogens (tertiary/aromatic N) is 2. The minimum absolute atomic E-state index is 0.00717. The molecular formula is C16H18N2O5S. The standard InChI is InChI=1S/C16H18N2O5S/c19-15-8-24-16(17(15)10-4-2-1-3-5-10)11-6-13-14(23-9-22-13)7-12(11)18(20)21/h6-7,10,16H,1-5,8-9H2/t16-/m0/s1. The Kier molecular flexibility index (Phi) is 3.99. The van der Waals surface area contributed by atoms with Crippen LogP contribution in [0.2, 0.25) is 0 Å². The summed E-state index contributed by atoms with van der Waals surface area (Å²) in [4.78, 5) is 25.5. The number of nitro benzene ring substituents is 1. The molecule has 0 bridgehead atoms. The quantitative estimate of drug-likeness (QED) is 0.615. The number of rotatable bonds is 3. The highest BCUT2D eigenvalue weighted by molar-refractivity contribution is 8.00. The topological polar surface area (TPSA) is 81.9 Å². The van der Waals surface area contributed by atoms with Crippen molar-refractivity contribution < 1.29 is 19.2 Å². The van der Waals surface area contributed by atoms with E-state index in [-0.39, 0.29) is 29.8 Å². The molecule has 0 spiro atoms. The van der Waals surface area contributed by atoms with Gasteiger partial charge in [0.05, 0.1) is 22.3 Å². The van der Waals surface area contributed by atoms with E-state index in [1.807, 2.05) is 4.90 Å². The van der Waals surface area contributed by atoms with Crippen LogP contribution in [0.3, 0.4) is 0 Å². The van der Waals surface area contributed by atoms with Gasteiger partial charge in [-0.05, 0) is 18.9 Å². The third-order valence-electron chi connectivity index (χ3n) is 4.86. The first-order valence-electron chi connectivity index (χ1n) is 8.16. The van der Waals surface area contributed by atoms with E-state index in [9.17, 15) is 14.9 Å². The molecule has 3 aliphatic rings. The van der Waals surface area contributed by atoms with Gasteiger partial charge in [0.25, 0.3) is 5.69 Å². The Morgan fingerprint density at radius 3 is 2.58 bits per heavy atom. The highest BCUT2D eigenvalue weighted by atomic mass is 32.2. The summed E-state index contributed by atoms with van der Waals surface area (Å²) in [6.45, 7) is 0.0685. The fourth-order valence-electron chi connectivity index (χ4n) is 3.73. The van der Waals surface area contributed by atoms with E-state index in [1.165, 1.54) is 24.2 Å². The second-order valence-electron chi connectivity index (χ2n) is 6.28. The minimum atomic E-state index is -0.403. The van der Waals surface area contributed by atoms with Crippen LogP contribution in [-0.4, -0.2) is 34.3 Å². The van der Waals surface area contributed by atoms with Crippen LogP contribution in [0.4, 0.5) is 5.69 Å². The summed E-state index contributed by atoms with van der Waals surface area (Å²) >= 11 is 1.46. The monoisotopic (exact) mass is 350 g/mol. The highest BCUT2D eigenvalue weighted by Crippen LogP contribution is 2.49. The number of hydrogen-bond donors (Lipinski definition) is 0. The molecule has 1 saturated carbocycles. The largest absolute Gasteiger partial charge is 0.454 e. The van der Waals surface area contributed by atoms with E-state index in [0.717, 1.165) is 25.7 Å². The first kappa shape index (κ1) is 15.6. The number of nitro groups is 1. The van der Waals surface area contributed by atoms with Gasteiger partial charge < -0.3 is 14.4 Å². The van der Waals surface area contributed by atoms with Crippen molar-refractivity contribution in [3.63, 3.8) is 0 Å². The maximum Gasteiger partial charge on any atom is 0.279 e. The van der Waals surface area contributed by atoms with Crippen LogP contribution < -0.4 is 9.47 Å². The van der Waals surface area contributed by atoms with Crippen molar-refractivity contribution in [2.45, 2.75) is 43.5 Å². The molecule has 0 unspecified atom stereocenters. The van der Waals surface area contributed by atoms with E-state index in [1.54, 1.807) is 6.07 Å². The van der Waals surface area contributed by atoms with Crippen LogP contribution in [0.25, 0.3) is 0 Å². The predicted octanol–water partition coefficient (Wildman–Crippen LogP) is 3.23. The zero-order valence-electron chi connectivity index (χ0n) is 13.1. The van der Waals surface area contributed by atoms with Crippen molar-refractivity contribution in [3.8, 4) is 11.5 Å². The number of hydrogen-bond acceptors (Lipinski definition) is 6. The van der Waals surface area contributed by atoms with E-state index < -0.39 is 4.92 Å². The van der Waals surface area contributed by atoms with E-state index in [0.29, 0.717) is 22.8 Å².